The van der Waals surface area contributed by atoms with Gasteiger partial charge in [-0.25, -0.2) is 4.31 Å². The molecule has 2 amide bonds. The van der Waals surface area contributed by atoms with Gasteiger partial charge in [0.25, 0.3) is 0 Å². The van der Waals surface area contributed by atoms with E-state index in [0.717, 1.165) is 51.0 Å². The van der Waals surface area contributed by atoms with E-state index in [2.05, 4.69) is 5.32 Å². The zero-order valence-corrected chi connectivity index (χ0v) is 23.4. The van der Waals surface area contributed by atoms with Gasteiger partial charge in [0, 0.05) is 26.7 Å². The van der Waals surface area contributed by atoms with Gasteiger partial charge in [-0.05, 0) is 55.9 Å². The van der Waals surface area contributed by atoms with Crippen LogP contribution < -0.4 is 9.62 Å². The minimum atomic E-state index is -3.99. The van der Waals surface area contributed by atoms with Gasteiger partial charge in [-0.1, -0.05) is 62.2 Å². The fourth-order valence-electron chi connectivity index (χ4n) is 4.76. The number of hydrogen-bond acceptors (Lipinski definition) is 4. The lowest BCUT2D eigenvalue weighted by atomic mass is 10.1. The van der Waals surface area contributed by atoms with E-state index < -0.39 is 28.7 Å². The number of carbonyl (C=O) groups excluding carboxylic acids is 2. The minimum Gasteiger partial charge on any atom is -0.352 e. The van der Waals surface area contributed by atoms with Crippen LogP contribution in [-0.2, 0) is 26.3 Å². The molecule has 8 nitrogen and oxygen atoms in total. The van der Waals surface area contributed by atoms with Crippen LogP contribution in [0.15, 0.2) is 48.5 Å². The van der Waals surface area contributed by atoms with Crippen LogP contribution in [0, 0.1) is 13.8 Å². The van der Waals surface area contributed by atoms with E-state index >= 15 is 0 Å². The van der Waals surface area contributed by atoms with Crippen LogP contribution in [0.3, 0.4) is 0 Å². The highest BCUT2D eigenvalue weighted by atomic mass is 32.2. The first-order valence-electron chi connectivity index (χ1n) is 13.0. The van der Waals surface area contributed by atoms with E-state index in [1.54, 1.807) is 6.07 Å². The zero-order valence-electron chi connectivity index (χ0n) is 22.6. The van der Waals surface area contributed by atoms with Gasteiger partial charge < -0.3 is 10.2 Å². The van der Waals surface area contributed by atoms with Crippen molar-refractivity contribution in [2.75, 3.05) is 24.9 Å². The maximum absolute atomic E-state index is 14.0. The van der Waals surface area contributed by atoms with E-state index in [1.807, 2.05) is 63.2 Å². The first-order valence-corrected chi connectivity index (χ1v) is 14.4. The normalized spacial score (nSPS) is 15.0. The van der Waals surface area contributed by atoms with Gasteiger partial charge in [0.15, 0.2) is 0 Å². The summed E-state index contributed by atoms with van der Waals surface area (Å²) in [5.41, 5.74) is 2.95. The average Bonchev–Trinajstić information content (AvgIpc) is 3.37. The first kappa shape index (κ1) is 28.7. The standard InChI is InChI=1S/C28H40N4O4S/c1-6-25(28(34)29-24-14-10-11-15-24)31(19-23-12-8-7-9-13-23)27(33)20-32(37(35,36)30(4)5)26-18-21(2)16-17-22(26)3/h7-9,12-13,16-18,24-25H,6,10-11,14-15,19-20H2,1-5H3,(H,29,34)/t25-/m0/s1. The van der Waals surface area contributed by atoms with Crippen LogP contribution in [0.2, 0.25) is 0 Å². The van der Waals surface area contributed by atoms with Crippen molar-refractivity contribution in [3.8, 4) is 0 Å². The van der Waals surface area contributed by atoms with Crippen molar-refractivity contribution in [3.05, 3.63) is 65.2 Å². The summed E-state index contributed by atoms with van der Waals surface area (Å²) in [6.07, 6.45) is 4.47. The van der Waals surface area contributed by atoms with Gasteiger partial charge in [-0.3, -0.25) is 9.59 Å². The summed E-state index contributed by atoms with van der Waals surface area (Å²) in [7, 11) is -1.09. The van der Waals surface area contributed by atoms with Gasteiger partial charge >= 0.3 is 10.2 Å². The highest BCUT2D eigenvalue weighted by Gasteiger charge is 2.35. The molecule has 1 atom stereocenters. The maximum atomic E-state index is 14.0. The van der Waals surface area contributed by atoms with Crippen molar-refractivity contribution < 1.29 is 18.0 Å². The highest BCUT2D eigenvalue weighted by molar-refractivity contribution is 7.90. The minimum absolute atomic E-state index is 0.121. The van der Waals surface area contributed by atoms with Gasteiger partial charge in [0.2, 0.25) is 11.8 Å². The third kappa shape index (κ3) is 7.11. The Kier molecular flexibility index (Phi) is 9.73. The molecular weight excluding hydrogens is 488 g/mol. The molecule has 0 aromatic heterocycles. The van der Waals surface area contributed by atoms with Gasteiger partial charge in [0.1, 0.15) is 12.6 Å². The van der Waals surface area contributed by atoms with Gasteiger partial charge in [-0.15, -0.1) is 0 Å². The lowest BCUT2D eigenvalue weighted by Crippen LogP contribution is -2.54. The molecule has 0 bridgehead atoms. The van der Waals surface area contributed by atoms with Crippen molar-refractivity contribution >= 4 is 27.7 Å². The monoisotopic (exact) mass is 528 g/mol. The molecule has 0 unspecified atom stereocenters. The second-order valence-corrected chi connectivity index (χ2v) is 12.1. The zero-order chi connectivity index (χ0) is 27.2. The number of rotatable bonds is 11. The predicted octanol–water partition coefficient (Wildman–Crippen LogP) is 3.78. The topological polar surface area (TPSA) is 90.0 Å². The molecule has 1 N–H and O–H groups in total. The fraction of sp³-hybridized carbons (Fsp3) is 0.500. The fourth-order valence-corrected chi connectivity index (χ4v) is 5.87. The molecule has 0 heterocycles. The van der Waals surface area contributed by atoms with E-state index in [-0.39, 0.29) is 18.5 Å². The van der Waals surface area contributed by atoms with Crippen molar-refractivity contribution in [3.63, 3.8) is 0 Å². The van der Waals surface area contributed by atoms with Crippen LogP contribution in [0.4, 0.5) is 5.69 Å². The molecule has 1 aliphatic carbocycles. The molecule has 0 spiro atoms. The van der Waals surface area contributed by atoms with Crippen LogP contribution in [0.25, 0.3) is 0 Å². The quantitative estimate of drug-likeness (QED) is 0.481. The Labute approximate surface area is 221 Å². The summed E-state index contributed by atoms with van der Waals surface area (Å²) in [5.74, 6) is -0.615. The Morgan fingerprint density at radius 3 is 2.27 bits per heavy atom. The summed E-state index contributed by atoms with van der Waals surface area (Å²) in [6.45, 7) is 5.38. The number of benzene rings is 2. The van der Waals surface area contributed by atoms with E-state index in [4.69, 9.17) is 0 Å². The summed E-state index contributed by atoms with van der Waals surface area (Å²) in [4.78, 5) is 28.9. The average molecular weight is 529 g/mol. The summed E-state index contributed by atoms with van der Waals surface area (Å²) in [5, 5.41) is 3.13. The predicted molar refractivity (Wildman–Crippen MR) is 147 cm³/mol. The maximum Gasteiger partial charge on any atom is 0.304 e. The molecule has 0 aliphatic heterocycles. The van der Waals surface area contributed by atoms with Crippen molar-refractivity contribution in [1.29, 1.82) is 0 Å². The van der Waals surface area contributed by atoms with E-state index in [1.165, 1.54) is 19.0 Å². The second-order valence-electron chi connectivity index (χ2n) is 10.0. The molecule has 0 saturated heterocycles. The first-order chi connectivity index (χ1) is 17.5. The molecule has 2 aromatic carbocycles. The van der Waals surface area contributed by atoms with Crippen LogP contribution in [0.5, 0.6) is 0 Å². The summed E-state index contributed by atoms with van der Waals surface area (Å²) >= 11 is 0. The summed E-state index contributed by atoms with van der Waals surface area (Å²) < 4.78 is 29.1. The largest absolute Gasteiger partial charge is 0.352 e. The number of nitrogens with zero attached hydrogens (tertiary/aromatic N) is 3. The molecule has 202 valence electrons. The van der Waals surface area contributed by atoms with Crippen molar-refractivity contribution in [2.45, 2.75) is 71.5 Å². The second kappa shape index (κ2) is 12.6. The SMILES string of the molecule is CC[C@@H](C(=O)NC1CCCC1)N(Cc1ccccc1)C(=O)CN(c1cc(C)ccc1C)S(=O)(=O)N(C)C. The molecule has 1 aliphatic rings. The molecule has 9 heteroatoms. The number of nitrogens with one attached hydrogen (secondary N) is 1. The van der Waals surface area contributed by atoms with Crippen LogP contribution in [0.1, 0.15) is 55.7 Å². The van der Waals surface area contributed by atoms with E-state index in [9.17, 15) is 18.0 Å². The third-order valence-electron chi connectivity index (χ3n) is 6.94. The Morgan fingerprint density at radius 1 is 1.03 bits per heavy atom. The number of carbonyl (C=O) groups is 2. The van der Waals surface area contributed by atoms with Crippen LogP contribution in [-0.4, -0.2) is 62.2 Å². The lowest BCUT2D eigenvalue weighted by Gasteiger charge is -2.34. The van der Waals surface area contributed by atoms with Gasteiger partial charge in [-0.2, -0.15) is 12.7 Å². The Bertz CT molecular complexity index is 1180. The molecule has 37 heavy (non-hydrogen) atoms. The Hall–Kier alpha value is -2.91. The summed E-state index contributed by atoms with van der Waals surface area (Å²) in [6, 6.07) is 14.4. The molecule has 1 fully saturated rings. The Balaban J connectivity index is 1.98. The number of anilines is 1. The number of aryl methyl sites for hydroxylation is 2. The van der Waals surface area contributed by atoms with Crippen LogP contribution >= 0.6 is 0 Å². The smallest absolute Gasteiger partial charge is 0.304 e. The molecule has 3 rings (SSSR count). The molecular formula is C28H40N4O4S. The number of hydrogen-bond donors (Lipinski definition) is 1. The van der Waals surface area contributed by atoms with E-state index in [0.29, 0.717) is 12.1 Å². The van der Waals surface area contributed by atoms with Gasteiger partial charge in [0.05, 0.1) is 5.69 Å². The number of amides is 2. The third-order valence-corrected chi connectivity index (χ3v) is 8.74. The van der Waals surface area contributed by atoms with Crippen molar-refractivity contribution in [2.24, 2.45) is 0 Å². The van der Waals surface area contributed by atoms with Crippen molar-refractivity contribution in [1.82, 2.24) is 14.5 Å². The molecule has 1 saturated carbocycles. The Morgan fingerprint density at radius 2 is 1.68 bits per heavy atom. The highest BCUT2D eigenvalue weighted by Crippen LogP contribution is 2.26. The molecule has 0 radical (unpaired) electrons. The molecule has 2 aromatic rings. The lowest BCUT2D eigenvalue weighted by molar-refractivity contribution is -0.140.